The van der Waals surface area contributed by atoms with Crippen LogP contribution in [0.15, 0.2) is 12.2 Å². The quantitative estimate of drug-likeness (QED) is 0.365. The van der Waals surface area contributed by atoms with Crippen molar-refractivity contribution in [1.29, 1.82) is 0 Å². The Hall–Kier alpha value is -2.19. The molecule has 0 radical (unpaired) electrons. The van der Waals surface area contributed by atoms with E-state index in [1.807, 2.05) is 6.92 Å². The van der Waals surface area contributed by atoms with Gasteiger partial charge in [-0.05, 0) is 30.1 Å². The SMILES string of the molecule is COC(=O)[C@]12CC(=O)[C@H]3[C@@H](C=C[C@H]4CN(C(=O)C(F)(F)F)CC[C@@]43C)[C@@H]1CCC2=O. The molecule has 0 aromatic rings. The van der Waals surface area contributed by atoms with Crippen LogP contribution in [0.4, 0.5) is 13.2 Å². The molecular formula is C21H24F3NO5. The first kappa shape index (κ1) is 21.1. The minimum atomic E-state index is -4.93. The Balaban J connectivity index is 1.69. The van der Waals surface area contributed by atoms with E-state index < -0.39 is 40.7 Å². The van der Waals surface area contributed by atoms with E-state index in [9.17, 15) is 32.3 Å². The highest BCUT2D eigenvalue weighted by molar-refractivity contribution is 6.10. The number of ketones is 2. The van der Waals surface area contributed by atoms with Gasteiger partial charge in [-0.3, -0.25) is 19.2 Å². The summed E-state index contributed by atoms with van der Waals surface area (Å²) in [6.45, 7) is 1.70. The standard InChI is InChI=1S/C21H24F3NO5/c1-19-7-8-25(17(28)21(22,23)24)10-11(19)3-4-12-13-5-6-15(27)20(13,18(29)30-2)9-14(26)16(12)19/h3-4,11-13,16H,5-10H2,1-2H3/t11-,12-,13-,16+,19-,20+/m0/s1. The highest BCUT2D eigenvalue weighted by Crippen LogP contribution is 2.61. The zero-order chi connectivity index (χ0) is 22.1. The Labute approximate surface area is 171 Å². The Morgan fingerprint density at radius 2 is 1.93 bits per heavy atom. The van der Waals surface area contributed by atoms with Gasteiger partial charge in [-0.25, -0.2) is 0 Å². The summed E-state index contributed by atoms with van der Waals surface area (Å²) in [7, 11) is 1.21. The van der Waals surface area contributed by atoms with E-state index >= 15 is 0 Å². The van der Waals surface area contributed by atoms with Gasteiger partial charge in [0.25, 0.3) is 0 Å². The van der Waals surface area contributed by atoms with Crippen molar-refractivity contribution < 1.29 is 37.1 Å². The first-order valence-electron chi connectivity index (χ1n) is 10.2. The molecule has 3 aliphatic carbocycles. The van der Waals surface area contributed by atoms with Gasteiger partial charge in [0, 0.05) is 37.8 Å². The molecule has 1 saturated heterocycles. The molecule has 4 rings (SSSR count). The number of fused-ring (bicyclic) bond motifs is 5. The van der Waals surface area contributed by atoms with E-state index in [0.29, 0.717) is 6.42 Å². The van der Waals surface area contributed by atoms with Crippen LogP contribution in [0.25, 0.3) is 0 Å². The third-order valence-corrected chi connectivity index (χ3v) is 8.00. The van der Waals surface area contributed by atoms with Gasteiger partial charge < -0.3 is 9.64 Å². The number of hydrogen-bond donors (Lipinski definition) is 0. The summed E-state index contributed by atoms with van der Waals surface area (Å²) in [5.41, 5.74) is -2.08. The van der Waals surface area contributed by atoms with E-state index in [1.165, 1.54) is 7.11 Å². The van der Waals surface area contributed by atoms with E-state index in [1.54, 1.807) is 12.2 Å². The van der Waals surface area contributed by atoms with Crippen LogP contribution in [-0.2, 0) is 23.9 Å². The van der Waals surface area contributed by atoms with Crippen LogP contribution in [-0.4, -0.2) is 54.7 Å². The molecule has 1 heterocycles. The molecule has 0 N–H and O–H groups in total. The van der Waals surface area contributed by atoms with Gasteiger partial charge in [0.1, 0.15) is 11.2 Å². The van der Waals surface area contributed by atoms with Crippen LogP contribution in [0, 0.1) is 34.5 Å². The zero-order valence-electron chi connectivity index (χ0n) is 16.8. The van der Waals surface area contributed by atoms with Crippen LogP contribution in [0.2, 0.25) is 0 Å². The second-order valence-electron chi connectivity index (χ2n) is 9.23. The van der Waals surface area contributed by atoms with Crippen molar-refractivity contribution in [2.45, 2.75) is 38.8 Å². The minimum Gasteiger partial charge on any atom is -0.468 e. The molecule has 1 aliphatic heterocycles. The number of ether oxygens (including phenoxy) is 1. The van der Waals surface area contributed by atoms with Gasteiger partial charge >= 0.3 is 18.1 Å². The lowest BCUT2D eigenvalue weighted by Gasteiger charge is -2.57. The summed E-state index contributed by atoms with van der Waals surface area (Å²) in [5.74, 6) is -4.61. The summed E-state index contributed by atoms with van der Waals surface area (Å²) in [4.78, 5) is 51.1. The number of likely N-dealkylation sites (tertiary alicyclic amines) is 1. The first-order valence-corrected chi connectivity index (χ1v) is 10.2. The smallest absolute Gasteiger partial charge is 0.468 e. The number of hydrogen-bond acceptors (Lipinski definition) is 5. The van der Waals surface area contributed by atoms with Crippen molar-refractivity contribution >= 4 is 23.4 Å². The third-order valence-electron chi connectivity index (χ3n) is 8.00. The molecule has 0 unspecified atom stereocenters. The number of methoxy groups -OCH3 is 1. The molecule has 0 bridgehead atoms. The molecular weight excluding hydrogens is 403 g/mol. The van der Waals surface area contributed by atoms with E-state index in [4.69, 9.17) is 4.74 Å². The average molecular weight is 427 g/mol. The third kappa shape index (κ3) is 2.69. The van der Waals surface area contributed by atoms with E-state index in [2.05, 4.69) is 0 Å². The van der Waals surface area contributed by atoms with Crippen molar-refractivity contribution in [3.8, 4) is 0 Å². The molecule has 2 saturated carbocycles. The number of carbonyl (C=O) groups excluding carboxylic acids is 4. The Morgan fingerprint density at radius 3 is 2.57 bits per heavy atom. The molecule has 9 heteroatoms. The maximum absolute atomic E-state index is 13.3. The highest BCUT2D eigenvalue weighted by atomic mass is 19.4. The topological polar surface area (TPSA) is 80.8 Å². The molecule has 0 aromatic carbocycles. The number of Topliss-reactive ketones (excluding diaryl/α,β-unsaturated/α-hetero) is 2. The Bertz CT molecular complexity index is 852. The van der Waals surface area contributed by atoms with Gasteiger partial charge in [0.05, 0.1) is 7.11 Å². The van der Waals surface area contributed by atoms with E-state index in [0.717, 1.165) is 4.90 Å². The summed E-state index contributed by atoms with van der Waals surface area (Å²) in [6.07, 6.45) is -0.644. The maximum Gasteiger partial charge on any atom is 0.471 e. The number of nitrogens with zero attached hydrogens (tertiary/aromatic N) is 1. The molecule has 1 amide bonds. The van der Waals surface area contributed by atoms with Crippen LogP contribution in [0.1, 0.15) is 32.6 Å². The molecule has 0 aromatic heterocycles. The number of piperidine rings is 1. The highest BCUT2D eigenvalue weighted by Gasteiger charge is 2.67. The van der Waals surface area contributed by atoms with Crippen LogP contribution in [0.5, 0.6) is 0 Å². The van der Waals surface area contributed by atoms with Gasteiger partial charge in [-0.1, -0.05) is 19.1 Å². The second kappa shape index (κ2) is 6.65. The average Bonchev–Trinajstić information content (AvgIpc) is 3.02. The number of esters is 1. The number of halogens is 3. The normalized spacial score (nSPS) is 40.5. The number of alkyl halides is 3. The predicted octanol–water partition coefficient (Wildman–Crippen LogP) is 2.32. The lowest BCUT2D eigenvalue weighted by atomic mass is 9.47. The van der Waals surface area contributed by atoms with Crippen molar-refractivity contribution in [3.05, 3.63) is 12.2 Å². The summed E-state index contributed by atoms with van der Waals surface area (Å²) < 4.78 is 43.6. The van der Waals surface area contributed by atoms with Gasteiger partial charge in [0.15, 0.2) is 5.78 Å². The molecule has 30 heavy (non-hydrogen) atoms. The second-order valence-corrected chi connectivity index (χ2v) is 9.23. The molecule has 0 spiro atoms. The fourth-order valence-electron chi connectivity index (χ4n) is 6.51. The van der Waals surface area contributed by atoms with Crippen LogP contribution < -0.4 is 0 Å². The molecule has 164 valence electrons. The minimum absolute atomic E-state index is 0.0819. The lowest BCUT2D eigenvalue weighted by Crippen LogP contribution is -2.61. The summed E-state index contributed by atoms with van der Waals surface area (Å²) >= 11 is 0. The fourth-order valence-corrected chi connectivity index (χ4v) is 6.51. The van der Waals surface area contributed by atoms with E-state index in [-0.39, 0.29) is 55.8 Å². The molecule has 6 atom stereocenters. The largest absolute Gasteiger partial charge is 0.471 e. The predicted molar refractivity (Wildman–Crippen MR) is 96.8 cm³/mol. The van der Waals surface area contributed by atoms with Crippen molar-refractivity contribution in [2.75, 3.05) is 20.2 Å². The lowest BCUT2D eigenvalue weighted by molar-refractivity contribution is -0.190. The zero-order valence-corrected chi connectivity index (χ0v) is 16.8. The first-order chi connectivity index (χ1) is 14.0. The van der Waals surface area contributed by atoms with Gasteiger partial charge in [-0.15, -0.1) is 0 Å². The number of rotatable bonds is 1. The Kier molecular flexibility index (Phi) is 4.67. The maximum atomic E-state index is 13.3. The molecule has 6 nitrogen and oxygen atoms in total. The molecule has 3 fully saturated rings. The van der Waals surface area contributed by atoms with Crippen molar-refractivity contribution in [3.63, 3.8) is 0 Å². The Morgan fingerprint density at radius 1 is 1.23 bits per heavy atom. The number of allylic oxidation sites excluding steroid dienone is 1. The van der Waals surface area contributed by atoms with Crippen molar-refractivity contribution in [2.24, 2.45) is 34.5 Å². The van der Waals surface area contributed by atoms with Crippen LogP contribution >= 0.6 is 0 Å². The monoisotopic (exact) mass is 427 g/mol. The summed E-state index contributed by atoms with van der Waals surface area (Å²) in [5, 5.41) is 0. The van der Waals surface area contributed by atoms with Gasteiger partial charge in [-0.2, -0.15) is 13.2 Å². The van der Waals surface area contributed by atoms with Crippen molar-refractivity contribution in [1.82, 2.24) is 4.90 Å². The number of amides is 1. The number of carbonyl (C=O) groups is 4. The summed E-state index contributed by atoms with van der Waals surface area (Å²) in [6, 6.07) is 0. The van der Waals surface area contributed by atoms with Crippen LogP contribution in [0.3, 0.4) is 0 Å². The fraction of sp³-hybridized carbons (Fsp3) is 0.714. The van der Waals surface area contributed by atoms with Gasteiger partial charge in [0.2, 0.25) is 0 Å². The molecule has 4 aliphatic rings.